The summed E-state index contributed by atoms with van der Waals surface area (Å²) in [5.74, 6) is -0.643. The fourth-order valence-corrected chi connectivity index (χ4v) is 4.08. The topological polar surface area (TPSA) is 108 Å². The molecule has 1 aromatic rings. The lowest BCUT2D eigenvalue weighted by molar-refractivity contribution is -0.128. The van der Waals surface area contributed by atoms with Crippen molar-refractivity contribution in [2.24, 2.45) is 5.92 Å². The van der Waals surface area contributed by atoms with Crippen LogP contribution in [0.3, 0.4) is 0 Å². The number of anilines is 1. The molecule has 2 N–H and O–H groups in total. The molecule has 1 unspecified atom stereocenters. The van der Waals surface area contributed by atoms with Crippen LogP contribution in [0, 0.1) is 5.92 Å². The number of sulfonamides is 1. The van der Waals surface area contributed by atoms with E-state index < -0.39 is 15.9 Å². The van der Waals surface area contributed by atoms with Gasteiger partial charge in [-0.2, -0.15) is 0 Å². The minimum Gasteiger partial charge on any atom is -0.383 e. The third-order valence-corrected chi connectivity index (χ3v) is 6.13. The molecule has 0 aromatic heterocycles. The van der Waals surface area contributed by atoms with Crippen molar-refractivity contribution < 1.29 is 22.7 Å². The summed E-state index contributed by atoms with van der Waals surface area (Å²) in [7, 11) is 1.83. The molecule has 1 aliphatic rings. The summed E-state index contributed by atoms with van der Waals surface area (Å²) in [6, 6.07) is 5.93. The Morgan fingerprint density at radius 1 is 1.28 bits per heavy atom. The highest BCUT2D eigenvalue weighted by molar-refractivity contribution is 7.89. The molecule has 162 valence electrons. The maximum Gasteiger partial charge on any atom is 0.240 e. The van der Waals surface area contributed by atoms with Crippen LogP contribution in [0.2, 0.25) is 0 Å². The van der Waals surface area contributed by atoms with Crippen molar-refractivity contribution in [3.8, 4) is 0 Å². The van der Waals surface area contributed by atoms with E-state index in [0.717, 1.165) is 13.0 Å². The summed E-state index contributed by atoms with van der Waals surface area (Å²) in [4.78, 5) is 28.5. The normalized spacial score (nSPS) is 17.2. The standard InChI is InChI=1S/C19H30N4O5S/c1-22(2)10-4-11-23-14-15(13-18(23)24)19(25)21-16-5-7-17(8-6-16)29(26,27)20-9-12-28-3/h5-8,15,20H,4,9-14H2,1-3H3,(H,21,25). The molecule has 2 amide bonds. The molecule has 10 heteroatoms. The summed E-state index contributed by atoms with van der Waals surface area (Å²) in [5, 5.41) is 2.77. The van der Waals surface area contributed by atoms with Gasteiger partial charge in [-0.05, 0) is 51.3 Å². The maximum atomic E-state index is 12.5. The van der Waals surface area contributed by atoms with Crippen molar-refractivity contribution in [1.82, 2.24) is 14.5 Å². The van der Waals surface area contributed by atoms with Crippen molar-refractivity contribution in [3.63, 3.8) is 0 Å². The van der Waals surface area contributed by atoms with Crippen molar-refractivity contribution in [2.75, 3.05) is 59.3 Å². The predicted molar refractivity (Wildman–Crippen MR) is 110 cm³/mol. The Labute approximate surface area is 172 Å². The number of carbonyl (C=O) groups is 2. The van der Waals surface area contributed by atoms with Gasteiger partial charge in [0.05, 0.1) is 17.4 Å². The third kappa shape index (κ3) is 7.07. The average Bonchev–Trinajstić information content (AvgIpc) is 3.03. The van der Waals surface area contributed by atoms with E-state index in [1.54, 1.807) is 4.90 Å². The number of likely N-dealkylation sites (tertiary alicyclic amines) is 1. The highest BCUT2D eigenvalue weighted by Crippen LogP contribution is 2.21. The average molecular weight is 427 g/mol. The van der Waals surface area contributed by atoms with Gasteiger partial charge >= 0.3 is 0 Å². The second-order valence-electron chi connectivity index (χ2n) is 7.30. The number of methoxy groups -OCH3 is 1. The number of benzene rings is 1. The van der Waals surface area contributed by atoms with Gasteiger partial charge in [-0.25, -0.2) is 13.1 Å². The van der Waals surface area contributed by atoms with Gasteiger partial charge in [0.15, 0.2) is 0 Å². The molecule has 2 rings (SSSR count). The monoisotopic (exact) mass is 426 g/mol. The summed E-state index contributed by atoms with van der Waals surface area (Å²) in [6.07, 6.45) is 1.06. The van der Waals surface area contributed by atoms with Gasteiger partial charge < -0.3 is 19.9 Å². The minimum atomic E-state index is -3.62. The van der Waals surface area contributed by atoms with Crippen LogP contribution < -0.4 is 10.0 Å². The van der Waals surface area contributed by atoms with Gasteiger partial charge in [-0.1, -0.05) is 0 Å². The SMILES string of the molecule is COCCNS(=O)(=O)c1ccc(NC(=O)C2CC(=O)N(CCCN(C)C)C2)cc1. The van der Waals surface area contributed by atoms with E-state index in [4.69, 9.17) is 4.74 Å². The van der Waals surface area contributed by atoms with Gasteiger partial charge in [0.2, 0.25) is 21.8 Å². The lowest BCUT2D eigenvalue weighted by Gasteiger charge is -2.18. The Bertz CT molecular complexity index is 795. The first-order valence-corrected chi connectivity index (χ1v) is 11.0. The minimum absolute atomic E-state index is 0.00696. The van der Waals surface area contributed by atoms with Crippen LogP contribution in [0.25, 0.3) is 0 Å². The number of carbonyl (C=O) groups excluding carboxylic acids is 2. The molecule has 1 aromatic carbocycles. The number of nitrogens with zero attached hydrogens (tertiary/aromatic N) is 2. The Morgan fingerprint density at radius 2 is 1.97 bits per heavy atom. The molecule has 1 aliphatic heterocycles. The van der Waals surface area contributed by atoms with E-state index in [9.17, 15) is 18.0 Å². The highest BCUT2D eigenvalue weighted by Gasteiger charge is 2.34. The molecule has 1 atom stereocenters. The Morgan fingerprint density at radius 3 is 2.59 bits per heavy atom. The van der Waals surface area contributed by atoms with Crippen molar-refractivity contribution in [2.45, 2.75) is 17.7 Å². The van der Waals surface area contributed by atoms with E-state index in [2.05, 4.69) is 14.9 Å². The van der Waals surface area contributed by atoms with Crippen molar-refractivity contribution in [1.29, 1.82) is 0 Å². The lowest BCUT2D eigenvalue weighted by atomic mass is 10.1. The van der Waals surface area contributed by atoms with E-state index in [-0.39, 0.29) is 36.3 Å². The molecule has 0 bridgehead atoms. The fraction of sp³-hybridized carbons (Fsp3) is 0.579. The molecule has 0 saturated carbocycles. The number of hydrogen-bond acceptors (Lipinski definition) is 6. The van der Waals surface area contributed by atoms with Gasteiger partial charge in [0, 0.05) is 38.9 Å². The first-order valence-electron chi connectivity index (χ1n) is 9.55. The van der Waals surface area contributed by atoms with Gasteiger partial charge in [0.1, 0.15) is 0 Å². The van der Waals surface area contributed by atoms with Crippen LogP contribution in [0.15, 0.2) is 29.2 Å². The Hall–Kier alpha value is -2.01. The van der Waals surface area contributed by atoms with Crippen LogP contribution in [-0.4, -0.2) is 84.0 Å². The Balaban J connectivity index is 1.88. The largest absolute Gasteiger partial charge is 0.383 e. The van der Waals surface area contributed by atoms with Crippen molar-refractivity contribution in [3.05, 3.63) is 24.3 Å². The van der Waals surface area contributed by atoms with Crippen LogP contribution >= 0.6 is 0 Å². The molecular weight excluding hydrogens is 396 g/mol. The quantitative estimate of drug-likeness (QED) is 0.495. The molecule has 0 spiro atoms. The molecule has 0 radical (unpaired) electrons. The maximum absolute atomic E-state index is 12.5. The van der Waals surface area contributed by atoms with Crippen LogP contribution in [0.5, 0.6) is 0 Å². The van der Waals surface area contributed by atoms with E-state index >= 15 is 0 Å². The molecular formula is C19H30N4O5S. The second kappa shape index (κ2) is 10.7. The van der Waals surface area contributed by atoms with Gasteiger partial charge in [0.25, 0.3) is 0 Å². The molecule has 1 heterocycles. The second-order valence-corrected chi connectivity index (χ2v) is 9.07. The van der Waals surface area contributed by atoms with Crippen LogP contribution in [0.1, 0.15) is 12.8 Å². The molecule has 0 aliphatic carbocycles. The van der Waals surface area contributed by atoms with Gasteiger partial charge in [-0.15, -0.1) is 0 Å². The molecule has 1 fully saturated rings. The number of ether oxygens (including phenoxy) is 1. The van der Waals surface area contributed by atoms with Crippen LogP contribution in [0.4, 0.5) is 5.69 Å². The van der Waals surface area contributed by atoms with Crippen molar-refractivity contribution >= 4 is 27.5 Å². The summed E-state index contributed by atoms with van der Waals surface area (Å²) in [5.41, 5.74) is 0.490. The zero-order valence-corrected chi connectivity index (χ0v) is 18.0. The third-order valence-electron chi connectivity index (χ3n) is 4.65. The number of nitrogens with one attached hydrogen (secondary N) is 2. The number of hydrogen-bond donors (Lipinski definition) is 2. The van der Waals surface area contributed by atoms with E-state index in [0.29, 0.717) is 18.8 Å². The predicted octanol–water partition coefficient (Wildman–Crippen LogP) is 0.350. The first kappa shape index (κ1) is 23.3. The molecule has 1 saturated heterocycles. The smallest absolute Gasteiger partial charge is 0.240 e. The first-order chi connectivity index (χ1) is 13.7. The highest BCUT2D eigenvalue weighted by atomic mass is 32.2. The number of rotatable bonds is 11. The van der Waals surface area contributed by atoms with E-state index in [1.807, 2.05) is 14.1 Å². The lowest BCUT2D eigenvalue weighted by Crippen LogP contribution is -2.30. The zero-order chi connectivity index (χ0) is 21.4. The number of amides is 2. The summed E-state index contributed by atoms with van der Waals surface area (Å²) in [6.45, 7) is 2.39. The summed E-state index contributed by atoms with van der Waals surface area (Å²) >= 11 is 0. The summed E-state index contributed by atoms with van der Waals surface area (Å²) < 4.78 is 31.6. The fourth-order valence-electron chi connectivity index (χ4n) is 3.06. The Kier molecular flexibility index (Phi) is 8.57. The van der Waals surface area contributed by atoms with Gasteiger partial charge in [-0.3, -0.25) is 9.59 Å². The van der Waals surface area contributed by atoms with E-state index in [1.165, 1.54) is 31.4 Å². The molecule has 29 heavy (non-hydrogen) atoms. The molecule has 9 nitrogen and oxygen atoms in total. The van der Waals surface area contributed by atoms with Crippen LogP contribution in [-0.2, 0) is 24.3 Å². The zero-order valence-electron chi connectivity index (χ0n) is 17.2.